The number of benzene rings is 2. The third-order valence-electron chi connectivity index (χ3n) is 3.05. The highest BCUT2D eigenvalue weighted by molar-refractivity contribution is 5.96. The molecule has 1 amide bonds. The Labute approximate surface area is 125 Å². The predicted molar refractivity (Wildman–Crippen MR) is 75.4 cm³/mol. The van der Waals surface area contributed by atoms with Crippen LogP contribution in [0.2, 0.25) is 0 Å². The van der Waals surface area contributed by atoms with Crippen LogP contribution in [0.25, 0.3) is 0 Å². The van der Waals surface area contributed by atoms with Gasteiger partial charge in [0.05, 0.1) is 5.56 Å². The van der Waals surface area contributed by atoms with Gasteiger partial charge in [-0.05, 0) is 29.8 Å². The molecule has 0 bridgehead atoms. The molecule has 0 fully saturated rings. The maximum absolute atomic E-state index is 13.5. The molecule has 1 atom stereocenters. The lowest BCUT2D eigenvalue weighted by molar-refractivity contribution is -0.139. The summed E-state index contributed by atoms with van der Waals surface area (Å²) in [6, 6.07) is 9.39. The summed E-state index contributed by atoms with van der Waals surface area (Å²) < 4.78 is 26.6. The summed E-state index contributed by atoms with van der Waals surface area (Å²) in [6.07, 6.45) is -0.104. The summed E-state index contributed by atoms with van der Waals surface area (Å²) >= 11 is 0. The van der Waals surface area contributed by atoms with Crippen LogP contribution in [0.15, 0.2) is 48.5 Å². The summed E-state index contributed by atoms with van der Waals surface area (Å²) in [6.45, 7) is 0. The molecular formula is C16H13F2NO3. The molecule has 2 N–H and O–H groups in total. The van der Waals surface area contributed by atoms with E-state index in [1.54, 1.807) is 6.07 Å². The highest BCUT2D eigenvalue weighted by Crippen LogP contribution is 2.09. The first-order chi connectivity index (χ1) is 10.5. The first-order valence-electron chi connectivity index (χ1n) is 6.50. The predicted octanol–water partition coefficient (Wildman–Crippen LogP) is 2.39. The molecule has 0 saturated carbocycles. The van der Waals surface area contributed by atoms with Gasteiger partial charge in [-0.15, -0.1) is 0 Å². The number of hydrogen-bond donors (Lipinski definition) is 2. The topological polar surface area (TPSA) is 66.4 Å². The van der Waals surface area contributed by atoms with Gasteiger partial charge in [0, 0.05) is 6.42 Å². The van der Waals surface area contributed by atoms with Crippen LogP contribution < -0.4 is 5.32 Å². The number of carboxylic acid groups (broad SMARTS) is 1. The van der Waals surface area contributed by atoms with Gasteiger partial charge in [-0.1, -0.05) is 24.3 Å². The van der Waals surface area contributed by atoms with Crippen LogP contribution in [-0.4, -0.2) is 23.0 Å². The largest absolute Gasteiger partial charge is 0.480 e. The Balaban J connectivity index is 2.14. The van der Waals surface area contributed by atoms with Crippen molar-refractivity contribution in [3.05, 3.63) is 71.3 Å². The molecule has 6 heteroatoms. The fraction of sp³-hybridized carbons (Fsp3) is 0.125. The minimum Gasteiger partial charge on any atom is -0.480 e. The van der Waals surface area contributed by atoms with E-state index in [1.807, 2.05) is 0 Å². The fourth-order valence-corrected chi connectivity index (χ4v) is 1.98. The Kier molecular flexibility index (Phi) is 4.83. The SMILES string of the molecule is O=C(N[C@H](Cc1cccc(F)c1)C(=O)O)c1ccccc1F. The second-order valence-electron chi connectivity index (χ2n) is 4.68. The van der Waals surface area contributed by atoms with E-state index >= 15 is 0 Å². The van der Waals surface area contributed by atoms with Gasteiger partial charge in [0.25, 0.3) is 5.91 Å². The average Bonchev–Trinajstić information content (AvgIpc) is 2.46. The average molecular weight is 305 g/mol. The van der Waals surface area contributed by atoms with E-state index in [2.05, 4.69) is 5.32 Å². The Bertz CT molecular complexity index is 703. The summed E-state index contributed by atoms with van der Waals surface area (Å²) in [4.78, 5) is 23.2. The van der Waals surface area contributed by atoms with Gasteiger partial charge >= 0.3 is 5.97 Å². The van der Waals surface area contributed by atoms with Crippen molar-refractivity contribution in [3.63, 3.8) is 0 Å². The van der Waals surface area contributed by atoms with E-state index in [4.69, 9.17) is 5.11 Å². The zero-order valence-electron chi connectivity index (χ0n) is 11.4. The fourth-order valence-electron chi connectivity index (χ4n) is 1.98. The van der Waals surface area contributed by atoms with Gasteiger partial charge in [-0.3, -0.25) is 4.79 Å². The molecular weight excluding hydrogens is 292 g/mol. The van der Waals surface area contributed by atoms with Crippen molar-refractivity contribution in [1.82, 2.24) is 5.32 Å². The van der Waals surface area contributed by atoms with Crippen molar-refractivity contribution in [2.24, 2.45) is 0 Å². The molecule has 0 aromatic heterocycles. The number of hydrogen-bond acceptors (Lipinski definition) is 2. The molecule has 22 heavy (non-hydrogen) atoms. The summed E-state index contributed by atoms with van der Waals surface area (Å²) in [5.41, 5.74) is 0.175. The number of carbonyl (C=O) groups is 2. The molecule has 0 spiro atoms. The number of halogens is 2. The van der Waals surface area contributed by atoms with Gasteiger partial charge in [0.1, 0.15) is 17.7 Å². The van der Waals surface area contributed by atoms with Crippen LogP contribution >= 0.6 is 0 Å². The lowest BCUT2D eigenvalue weighted by atomic mass is 10.1. The Morgan fingerprint density at radius 2 is 1.82 bits per heavy atom. The van der Waals surface area contributed by atoms with Crippen LogP contribution in [0.3, 0.4) is 0 Å². The lowest BCUT2D eigenvalue weighted by Gasteiger charge is -2.15. The smallest absolute Gasteiger partial charge is 0.326 e. The normalized spacial score (nSPS) is 11.7. The van der Waals surface area contributed by atoms with Crippen LogP contribution in [0.1, 0.15) is 15.9 Å². The van der Waals surface area contributed by atoms with E-state index in [1.165, 1.54) is 36.4 Å². The molecule has 0 heterocycles. The quantitative estimate of drug-likeness (QED) is 0.891. The number of carboxylic acids is 1. The minimum absolute atomic E-state index is 0.104. The maximum Gasteiger partial charge on any atom is 0.326 e. The number of aliphatic carboxylic acids is 1. The molecule has 4 nitrogen and oxygen atoms in total. The minimum atomic E-state index is -1.28. The molecule has 0 aliphatic rings. The first kappa shape index (κ1) is 15.6. The van der Waals surface area contributed by atoms with Crippen molar-refractivity contribution in [3.8, 4) is 0 Å². The van der Waals surface area contributed by atoms with E-state index in [0.29, 0.717) is 5.56 Å². The van der Waals surface area contributed by atoms with Gasteiger partial charge in [-0.25, -0.2) is 13.6 Å². The summed E-state index contributed by atoms with van der Waals surface area (Å²) in [5, 5.41) is 11.4. The van der Waals surface area contributed by atoms with Crippen LogP contribution in [0, 0.1) is 11.6 Å². The third kappa shape index (κ3) is 3.88. The highest BCUT2D eigenvalue weighted by atomic mass is 19.1. The van der Waals surface area contributed by atoms with Gasteiger partial charge in [-0.2, -0.15) is 0 Å². The van der Waals surface area contributed by atoms with E-state index in [0.717, 1.165) is 6.07 Å². The Hall–Kier alpha value is -2.76. The zero-order valence-corrected chi connectivity index (χ0v) is 11.4. The maximum atomic E-state index is 13.5. The number of carbonyl (C=O) groups excluding carboxylic acids is 1. The molecule has 2 aromatic carbocycles. The zero-order chi connectivity index (χ0) is 16.1. The molecule has 0 unspecified atom stereocenters. The monoisotopic (exact) mass is 305 g/mol. The number of rotatable bonds is 5. The van der Waals surface area contributed by atoms with Crippen molar-refractivity contribution in [1.29, 1.82) is 0 Å². The van der Waals surface area contributed by atoms with E-state index in [-0.39, 0.29) is 12.0 Å². The molecule has 0 aliphatic heterocycles. The van der Waals surface area contributed by atoms with Crippen molar-refractivity contribution in [2.45, 2.75) is 12.5 Å². The van der Waals surface area contributed by atoms with Crippen LogP contribution in [0.5, 0.6) is 0 Å². The molecule has 0 aliphatic carbocycles. The second kappa shape index (κ2) is 6.80. The molecule has 0 saturated heterocycles. The number of amides is 1. The Morgan fingerprint density at radius 1 is 1.09 bits per heavy atom. The highest BCUT2D eigenvalue weighted by Gasteiger charge is 2.22. The molecule has 2 aromatic rings. The first-order valence-corrected chi connectivity index (χ1v) is 6.50. The molecule has 114 valence electrons. The van der Waals surface area contributed by atoms with Gasteiger partial charge in [0.15, 0.2) is 0 Å². The van der Waals surface area contributed by atoms with Crippen molar-refractivity contribution < 1.29 is 23.5 Å². The standard InChI is InChI=1S/C16H13F2NO3/c17-11-5-3-4-10(8-11)9-14(16(21)22)19-15(20)12-6-1-2-7-13(12)18/h1-8,14H,9H2,(H,19,20)(H,21,22)/t14-/m1/s1. The summed E-state index contributed by atoms with van der Waals surface area (Å²) in [7, 11) is 0. The van der Waals surface area contributed by atoms with Gasteiger partial charge in [0.2, 0.25) is 0 Å². The Morgan fingerprint density at radius 3 is 2.45 bits per heavy atom. The van der Waals surface area contributed by atoms with Crippen molar-refractivity contribution in [2.75, 3.05) is 0 Å². The molecule has 0 radical (unpaired) electrons. The van der Waals surface area contributed by atoms with Crippen LogP contribution in [0.4, 0.5) is 8.78 Å². The van der Waals surface area contributed by atoms with Crippen molar-refractivity contribution >= 4 is 11.9 Å². The molecule has 2 rings (SSSR count). The number of nitrogens with one attached hydrogen (secondary N) is 1. The van der Waals surface area contributed by atoms with Gasteiger partial charge < -0.3 is 10.4 Å². The third-order valence-corrected chi connectivity index (χ3v) is 3.05. The van der Waals surface area contributed by atoms with E-state index in [9.17, 15) is 18.4 Å². The summed E-state index contributed by atoms with van der Waals surface area (Å²) in [5.74, 6) is -3.35. The second-order valence-corrected chi connectivity index (χ2v) is 4.68. The van der Waals surface area contributed by atoms with Crippen LogP contribution in [-0.2, 0) is 11.2 Å². The van der Waals surface area contributed by atoms with E-state index < -0.39 is 29.6 Å². The lowest BCUT2D eigenvalue weighted by Crippen LogP contribution is -2.42.